The molecular weight excluding hydrogens is 324 g/mol. The topological polar surface area (TPSA) is 84.9 Å². The lowest BCUT2D eigenvalue weighted by Gasteiger charge is -2.21. The first-order valence-corrected chi connectivity index (χ1v) is 7.47. The van der Waals surface area contributed by atoms with Gasteiger partial charge < -0.3 is 9.47 Å². The molecule has 0 radical (unpaired) electrons. The van der Waals surface area contributed by atoms with Gasteiger partial charge in [-0.2, -0.15) is 0 Å². The number of benzene rings is 2. The van der Waals surface area contributed by atoms with Gasteiger partial charge in [-0.15, -0.1) is 0 Å². The smallest absolute Gasteiger partial charge is 0.426 e. The summed E-state index contributed by atoms with van der Waals surface area (Å²) in [4.78, 5) is 35.4. The van der Waals surface area contributed by atoms with Crippen LogP contribution in [-0.2, 0) is 20.9 Å². The Hall–Kier alpha value is -3.35. The van der Waals surface area contributed by atoms with E-state index in [0.29, 0.717) is 5.69 Å². The molecule has 0 bridgehead atoms. The minimum absolute atomic E-state index is 0.0701. The fourth-order valence-corrected chi connectivity index (χ4v) is 2.06. The molecule has 0 atom stereocenters. The second-order valence-electron chi connectivity index (χ2n) is 5.07. The number of hydrogen-bond acceptors (Lipinski definition) is 5. The van der Waals surface area contributed by atoms with Gasteiger partial charge >= 0.3 is 12.1 Å². The Balaban J connectivity index is 2.06. The first-order valence-electron chi connectivity index (χ1n) is 7.47. The van der Waals surface area contributed by atoms with E-state index in [0.717, 1.165) is 10.6 Å². The van der Waals surface area contributed by atoms with Crippen molar-refractivity contribution in [3.05, 3.63) is 65.7 Å². The lowest BCUT2D eigenvalue weighted by atomic mass is 10.2. The molecule has 7 nitrogen and oxygen atoms in total. The van der Waals surface area contributed by atoms with Gasteiger partial charge in [0.25, 0.3) is 0 Å². The molecule has 0 aliphatic heterocycles. The molecule has 0 heterocycles. The first-order chi connectivity index (χ1) is 12.0. The van der Waals surface area contributed by atoms with E-state index < -0.39 is 18.0 Å². The van der Waals surface area contributed by atoms with Crippen LogP contribution >= 0.6 is 0 Å². The van der Waals surface area contributed by atoms with Crippen LogP contribution in [0.4, 0.5) is 10.5 Å². The van der Waals surface area contributed by atoms with Crippen LogP contribution in [0.2, 0.25) is 0 Å². The molecule has 0 aliphatic carbocycles. The summed E-state index contributed by atoms with van der Waals surface area (Å²) in [5.41, 5.74) is 3.74. The van der Waals surface area contributed by atoms with Crippen molar-refractivity contribution in [2.75, 3.05) is 12.1 Å². The van der Waals surface area contributed by atoms with Crippen LogP contribution in [0, 0.1) is 0 Å². The van der Waals surface area contributed by atoms with E-state index in [1.165, 1.54) is 20.1 Å². The number of carbonyl (C=O) groups excluding carboxylic acids is 3. The molecule has 2 rings (SSSR count). The Morgan fingerprint density at radius 3 is 2.40 bits per heavy atom. The third-order valence-electron chi connectivity index (χ3n) is 3.26. The number of rotatable bonds is 4. The van der Waals surface area contributed by atoms with Gasteiger partial charge in [-0.3, -0.25) is 4.79 Å². The summed E-state index contributed by atoms with van der Waals surface area (Å²) in [6.45, 7) is 1.35. The van der Waals surface area contributed by atoms with E-state index >= 15 is 0 Å². The van der Waals surface area contributed by atoms with Crippen molar-refractivity contribution in [3.8, 4) is 0 Å². The van der Waals surface area contributed by atoms with Crippen LogP contribution in [0.1, 0.15) is 22.8 Å². The predicted molar refractivity (Wildman–Crippen MR) is 90.7 cm³/mol. The van der Waals surface area contributed by atoms with Crippen molar-refractivity contribution in [2.24, 2.45) is 0 Å². The maximum Gasteiger partial charge on any atom is 0.426 e. The summed E-state index contributed by atoms with van der Waals surface area (Å²) in [5, 5.41) is 1.000. The van der Waals surface area contributed by atoms with Crippen molar-refractivity contribution in [3.63, 3.8) is 0 Å². The third kappa shape index (κ3) is 5.07. The van der Waals surface area contributed by atoms with Crippen molar-refractivity contribution in [1.82, 2.24) is 5.43 Å². The van der Waals surface area contributed by atoms with Crippen LogP contribution in [0.15, 0.2) is 54.6 Å². The van der Waals surface area contributed by atoms with Crippen LogP contribution in [0.5, 0.6) is 0 Å². The highest BCUT2D eigenvalue weighted by molar-refractivity contribution is 5.96. The summed E-state index contributed by atoms with van der Waals surface area (Å²) in [6.07, 6.45) is -0.789. The zero-order valence-electron chi connectivity index (χ0n) is 13.9. The summed E-state index contributed by atoms with van der Waals surface area (Å²) in [5.74, 6) is -0.990. The number of nitrogens with zero attached hydrogens (tertiary/aromatic N) is 1. The molecule has 0 aliphatic rings. The lowest BCUT2D eigenvalue weighted by Crippen LogP contribution is -2.45. The summed E-state index contributed by atoms with van der Waals surface area (Å²) in [7, 11) is 1.26. The highest BCUT2D eigenvalue weighted by Crippen LogP contribution is 2.16. The van der Waals surface area contributed by atoms with Gasteiger partial charge in [0.2, 0.25) is 5.91 Å². The molecule has 2 aromatic rings. The number of hydrazine groups is 1. The summed E-state index contributed by atoms with van der Waals surface area (Å²) in [6, 6.07) is 15.3. The standard InChI is InChI=1S/C18H18N2O5/c1-13(21)20(16-10-6-9-15(11-16)17(22)24-2)19-18(23)25-12-14-7-4-3-5-8-14/h3-11H,12H2,1-2H3,(H,19,23). The normalized spacial score (nSPS) is 9.84. The molecule has 0 saturated carbocycles. The quantitative estimate of drug-likeness (QED) is 0.682. The number of amides is 2. The fraction of sp³-hybridized carbons (Fsp3) is 0.167. The molecule has 0 aromatic heterocycles. The van der Waals surface area contributed by atoms with E-state index in [-0.39, 0.29) is 12.2 Å². The van der Waals surface area contributed by atoms with Gasteiger partial charge in [0.1, 0.15) is 6.61 Å². The number of anilines is 1. The third-order valence-corrected chi connectivity index (χ3v) is 3.26. The first kappa shape index (κ1) is 18.0. The van der Waals surface area contributed by atoms with Gasteiger partial charge in [-0.05, 0) is 23.8 Å². The van der Waals surface area contributed by atoms with Crippen LogP contribution in [0.25, 0.3) is 0 Å². The Kier molecular flexibility index (Phi) is 6.11. The van der Waals surface area contributed by atoms with Gasteiger partial charge in [0.15, 0.2) is 0 Å². The van der Waals surface area contributed by atoms with Crippen LogP contribution in [0.3, 0.4) is 0 Å². The average molecular weight is 342 g/mol. The number of hydrogen-bond donors (Lipinski definition) is 1. The van der Waals surface area contributed by atoms with E-state index in [9.17, 15) is 14.4 Å². The summed E-state index contributed by atoms with van der Waals surface area (Å²) >= 11 is 0. The minimum atomic E-state index is -0.789. The monoisotopic (exact) mass is 342 g/mol. The van der Waals surface area contributed by atoms with E-state index in [2.05, 4.69) is 10.2 Å². The van der Waals surface area contributed by atoms with E-state index in [1.807, 2.05) is 30.3 Å². The molecule has 0 fully saturated rings. The molecule has 130 valence electrons. The maximum atomic E-state index is 12.0. The van der Waals surface area contributed by atoms with Crippen molar-refractivity contribution < 1.29 is 23.9 Å². The fourth-order valence-electron chi connectivity index (χ4n) is 2.06. The van der Waals surface area contributed by atoms with E-state index in [1.54, 1.807) is 18.2 Å². The number of esters is 1. The second-order valence-corrected chi connectivity index (χ2v) is 5.07. The van der Waals surface area contributed by atoms with Crippen molar-refractivity contribution >= 4 is 23.7 Å². The number of methoxy groups -OCH3 is 1. The second kappa shape index (κ2) is 8.49. The molecule has 1 N–H and O–H groups in total. The lowest BCUT2D eigenvalue weighted by molar-refractivity contribution is -0.117. The maximum absolute atomic E-state index is 12.0. The Labute approximate surface area is 145 Å². The Morgan fingerprint density at radius 1 is 1.04 bits per heavy atom. The Morgan fingerprint density at radius 2 is 1.76 bits per heavy atom. The van der Waals surface area contributed by atoms with Crippen LogP contribution in [-0.4, -0.2) is 25.1 Å². The SMILES string of the molecule is COC(=O)c1cccc(N(NC(=O)OCc2ccccc2)C(C)=O)c1. The number of carbonyl (C=O) groups is 3. The van der Waals surface area contributed by atoms with Crippen molar-refractivity contribution in [2.45, 2.75) is 13.5 Å². The zero-order valence-corrected chi connectivity index (χ0v) is 13.9. The molecule has 2 amide bonds. The van der Waals surface area contributed by atoms with Gasteiger partial charge in [-0.25, -0.2) is 20.0 Å². The minimum Gasteiger partial charge on any atom is -0.465 e. The molecule has 25 heavy (non-hydrogen) atoms. The van der Waals surface area contributed by atoms with E-state index in [4.69, 9.17) is 4.74 Å². The van der Waals surface area contributed by atoms with Gasteiger partial charge in [0, 0.05) is 6.92 Å². The molecule has 2 aromatic carbocycles. The zero-order chi connectivity index (χ0) is 18.2. The van der Waals surface area contributed by atoms with Gasteiger partial charge in [0.05, 0.1) is 18.4 Å². The number of nitrogens with one attached hydrogen (secondary N) is 1. The largest absolute Gasteiger partial charge is 0.465 e. The predicted octanol–water partition coefficient (Wildman–Crippen LogP) is 2.67. The molecule has 0 unspecified atom stereocenters. The summed E-state index contributed by atoms with van der Waals surface area (Å²) < 4.78 is 9.74. The molecule has 7 heteroatoms. The van der Waals surface area contributed by atoms with Gasteiger partial charge in [-0.1, -0.05) is 36.4 Å². The number of ether oxygens (including phenoxy) is 2. The molecular formula is C18H18N2O5. The highest BCUT2D eigenvalue weighted by atomic mass is 16.6. The molecule has 0 saturated heterocycles. The highest BCUT2D eigenvalue weighted by Gasteiger charge is 2.17. The van der Waals surface area contributed by atoms with Crippen molar-refractivity contribution in [1.29, 1.82) is 0 Å². The van der Waals surface area contributed by atoms with Crippen LogP contribution < -0.4 is 10.4 Å². The molecule has 0 spiro atoms. The average Bonchev–Trinajstić information content (AvgIpc) is 2.64. The Bertz CT molecular complexity index is 761.